The summed E-state index contributed by atoms with van der Waals surface area (Å²) in [6.07, 6.45) is -0.984. The molecule has 0 radical (unpaired) electrons. The Morgan fingerprint density at radius 2 is 2.20 bits per heavy atom. The summed E-state index contributed by atoms with van der Waals surface area (Å²) in [5.41, 5.74) is 0. The first-order valence-electron chi connectivity index (χ1n) is 5.98. The van der Waals surface area contributed by atoms with Gasteiger partial charge in [-0.05, 0) is 12.1 Å². The van der Waals surface area contributed by atoms with Crippen LogP contribution in [0.5, 0.6) is 0 Å². The first kappa shape index (κ1) is 14.5. The number of aliphatic carboxylic acids is 1. The fraction of sp³-hybridized carbons (Fsp3) is 0.417. The Bertz CT molecular complexity index is 542. The molecular formula is C12H14N2O5S. The molecule has 0 saturated carbocycles. The lowest BCUT2D eigenvalue weighted by molar-refractivity contribution is -0.154. The number of carboxylic acids is 1. The first-order valence-corrected chi connectivity index (χ1v) is 6.80. The number of carbonyl (C=O) groups is 3. The molecule has 1 aromatic heterocycles. The van der Waals surface area contributed by atoms with Crippen LogP contribution in [0.1, 0.15) is 16.6 Å². The summed E-state index contributed by atoms with van der Waals surface area (Å²) in [6, 6.07) is 3.26. The third-order valence-corrected chi connectivity index (χ3v) is 3.73. The van der Waals surface area contributed by atoms with E-state index in [4.69, 9.17) is 9.84 Å². The molecule has 0 bridgehead atoms. The summed E-state index contributed by atoms with van der Waals surface area (Å²) in [5, 5.41) is 12.1. The van der Waals surface area contributed by atoms with Gasteiger partial charge < -0.3 is 20.1 Å². The normalized spacial score (nSPS) is 18.6. The molecule has 0 aromatic carbocycles. The van der Waals surface area contributed by atoms with Crippen molar-refractivity contribution in [3.63, 3.8) is 0 Å². The van der Waals surface area contributed by atoms with E-state index in [-0.39, 0.29) is 25.0 Å². The zero-order chi connectivity index (χ0) is 14.7. The SMILES string of the molecule is CC(=O)Nc1ccc(C(=O)N2CCOC(C(=O)O)C2)s1. The van der Waals surface area contributed by atoms with Crippen molar-refractivity contribution >= 4 is 34.1 Å². The summed E-state index contributed by atoms with van der Waals surface area (Å²) >= 11 is 1.16. The molecule has 1 fully saturated rings. The smallest absolute Gasteiger partial charge is 0.334 e. The number of hydrogen-bond donors (Lipinski definition) is 2. The fourth-order valence-corrected chi connectivity index (χ4v) is 2.75. The largest absolute Gasteiger partial charge is 0.479 e. The number of anilines is 1. The quantitative estimate of drug-likeness (QED) is 0.853. The fourth-order valence-electron chi connectivity index (χ4n) is 1.83. The number of carboxylic acid groups (broad SMARTS) is 1. The lowest BCUT2D eigenvalue weighted by atomic mass is 10.2. The summed E-state index contributed by atoms with van der Waals surface area (Å²) < 4.78 is 5.07. The van der Waals surface area contributed by atoms with Gasteiger partial charge >= 0.3 is 5.97 Å². The highest BCUT2D eigenvalue weighted by molar-refractivity contribution is 7.18. The van der Waals surface area contributed by atoms with Crippen LogP contribution in [-0.4, -0.2) is 53.6 Å². The summed E-state index contributed by atoms with van der Waals surface area (Å²) in [7, 11) is 0. The Labute approximate surface area is 119 Å². The molecule has 1 aliphatic heterocycles. The van der Waals surface area contributed by atoms with Crippen LogP contribution in [0.15, 0.2) is 12.1 Å². The van der Waals surface area contributed by atoms with Crippen LogP contribution < -0.4 is 5.32 Å². The highest BCUT2D eigenvalue weighted by atomic mass is 32.1. The van der Waals surface area contributed by atoms with Gasteiger partial charge in [0.15, 0.2) is 6.10 Å². The Morgan fingerprint density at radius 3 is 2.85 bits per heavy atom. The minimum absolute atomic E-state index is 0.0293. The van der Waals surface area contributed by atoms with Crippen molar-refractivity contribution in [2.75, 3.05) is 25.0 Å². The standard InChI is InChI=1S/C12H14N2O5S/c1-7(15)13-10-3-2-9(20-10)11(16)14-4-5-19-8(6-14)12(17)18/h2-3,8H,4-6H2,1H3,(H,13,15)(H,17,18). The second-order valence-corrected chi connectivity index (χ2v) is 5.38. The van der Waals surface area contributed by atoms with E-state index in [9.17, 15) is 14.4 Å². The van der Waals surface area contributed by atoms with E-state index in [0.717, 1.165) is 11.3 Å². The van der Waals surface area contributed by atoms with Gasteiger partial charge in [0.05, 0.1) is 23.0 Å². The highest BCUT2D eigenvalue weighted by Gasteiger charge is 2.30. The van der Waals surface area contributed by atoms with Crippen LogP contribution in [0, 0.1) is 0 Å². The van der Waals surface area contributed by atoms with Crippen molar-refractivity contribution in [2.24, 2.45) is 0 Å². The molecule has 1 aliphatic rings. The summed E-state index contributed by atoms with van der Waals surface area (Å²) in [6.45, 7) is 1.98. The van der Waals surface area contributed by atoms with Gasteiger partial charge in [0.25, 0.3) is 5.91 Å². The molecule has 1 aromatic rings. The maximum atomic E-state index is 12.2. The number of carbonyl (C=O) groups excluding carboxylic acids is 2. The van der Waals surface area contributed by atoms with Gasteiger partial charge in [-0.3, -0.25) is 9.59 Å². The van der Waals surface area contributed by atoms with Gasteiger partial charge in [0.2, 0.25) is 5.91 Å². The summed E-state index contributed by atoms with van der Waals surface area (Å²) in [5.74, 6) is -1.53. The molecule has 0 spiro atoms. The minimum Gasteiger partial charge on any atom is -0.479 e. The molecule has 2 amide bonds. The number of nitrogens with one attached hydrogen (secondary N) is 1. The third-order valence-electron chi connectivity index (χ3n) is 2.75. The van der Waals surface area contributed by atoms with E-state index in [0.29, 0.717) is 16.4 Å². The van der Waals surface area contributed by atoms with E-state index in [2.05, 4.69) is 5.32 Å². The average Bonchev–Trinajstić information content (AvgIpc) is 2.85. The molecule has 2 rings (SSSR count). The lowest BCUT2D eigenvalue weighted by Gasteiger charge is -2.30. The molecule has 1 atom stereocenters. The van der Waals surface area contributed by atoms with Gasteiger partial charge in [0.1, 0.15) is 0 Å². The lowest BCUT2D eigenvalue weighted by Crippen LogP contribution is -2.48. The van der Waals surface area contributed by atoms with Crippen LogP contribution in [0.4, 0.5) is 5.00 Å². The Morgan fingerprint density at radius 1 is 1.45 bits per heavy atom. The minimum atomic E-state index is -1.08. The van der Waals surface area contributed by atoms with E-state index < -0.39 is 12.1 Å². The topological polar surface area (TPSA) is 95.9 Å². The van der Waals surface area contributed by atoms with Crippen molar-refractivity contribution in [1.29, 1.82) is 0 Å². The number of morpholine rings is 1. The first-order chi connectivity index (χ1) is 9.47. The number of ether oxygens (including phenoxy) is 1. The Balaban J connectivity index is 2.05. The molecule has 20 heavy (non-hydrogen) atoms. The molecule has 108 valence electrons. The number of nitrogens with zero attached hydrogens (tertiary/aromatic N) is 1. The molecule has 1 unspecified atom stereocenters. The zero-order valence-corrected chi connectivity index (χ0v) is 11.6. The van der Waals surface area contributed by atoms with Crippen LogP contribution >= 0.6 is 11.3 Å². The van der Waals surface area contributed by atoms with E-state index in [1.54, 1.807) is 12.1 Å². The van der Waals surface area contributed by atoms with Crippen LogP contribution in [0.3, 0.4) is 0 Å². The molecule has 1 saturated heterocycles. The molecular weight excluding hydrogens is 284 g/mol. The van der Waals surface area contributed by atoms with Crippen LogP contribution in [0.25, 0.3) is 0 Å². The number of thiophene rings is 1. The Kier molecular flexibility index (Phi) is 4.35. The van der Waals surface area contributed by atoms with E-state index >= 15 is 0 Å². The van der Waals surface area contributed by atoms with Crippen molar-refractivity contribution in [3.05, 3.63) is 17.0 Å². The predicted octanol–water partition coefficient (Wildman–Crippen LogP) is 0.632. The van der Waals surface area contributed by atoms with E-state index in [1.165, 1.54) is 11.8 Å². The van der Waals surface area contributed by atoms with Gasteiger partial charge in [-0.2, -0.15) is 0 Å². The maximum Gasteiger partial charge on any atom is 0.334 e. The van der Waals surface area contributed by atoms with Gasteiger partial charge in [-0.1, -0.05) is 0 Å². The zero-order valence-electron chi connectivity index (χ0n) is 10.8. The predicted molar refractivity (Wildman–Crippen MR) is 71.9 cm³/mol. The van der Waals surface area contributed by atoms with Gasteiger partial charge in [-0.15, -0.1) is 11.3 Å². The second kappa shape index (κ2) is 6.02. The average molecular weight is 298 g/mol. The molecule has 2 N–H and O–H groups in total. The van der Waals surface area contributed by atoms with Crippen molar-refractivity contribution < 1.29 is 24.2 Å². The van der Waals surface area contributed by atoms with Crippen LogP contribution in [0.2, 0.25) is 0 Å². The highest BCUT2D eigenvalue weighted by Crippen LogP contribution is 2.24. The van der Waals surface area contributed by atoms with Crippen molar-refractivity contribution in [3.8, 4) is 0 Å². The van der Waals surface area contributed by atoms with Gasteiger partial charge in [0, 0.05) is 13.5 Å². The molecule has 8 heteroatoms. The summed E-state index contributed by atoms with van der Waals surface area (Å²) in [4.78, 5) is 36.0. The van der Waals surface area contributed by atoms with E-state index in [1.807, 2.05) is 0 Å². The monoisotopic (exact) mass is 298 g/mol. The van der Waals surface area contributed by atoms with Crippen molar-refractivity contribution in [2.45, 2.75) is 13.0 Å². The molecule has 2 heterocycles. The maximum absolute atomic E-state index is 12.2. The second-order valence-electron chi connectivity index (χ2n) is 4.29. The van der Waals surface area contributed by atoms with Gasteiger partial charge in [-0.25, -0.2) is 4.79 Å². The number of amides is 2. The van der Waals surface area contributed by atoms with Crippen molar-refractivity contribution in [1.82, 2.24) is 4.90 Å². The number of rotatable bonds is 3. The van der Waals surface area contributed by atoms with Crippen LogP contribution in [-0.2, 0) is 14.3 Å². The number of hydrogen-bond acceptors (Lipinski definition) is 5. The third kappa shape index (κ3) is 3.34. The molecule has 7 nitrogen and oxygen atoms in total. The Hall–Kier alpha value is -1.93. The molecule has 0 aliphatic carbocycles.